The van der Waals surface area contributed by atoms with Crippen LogP contribution >= 0.6 is 0 Å². The van der Waals surface area contributed by atoms with Crippen molar-refractivity contribution in [2.45, 2.75) is 185 Å². The summed E-state index contributed by atoms with van der Waals surface area (Å²) in [6.07, 6.45) is -9.08. The Morgan fingerprint density at radius 2 is 1.51 bits per heavy atom. The fourth-order valence-corrected chi connectivity index (χ4v) is 9.19. The molecule has 0 aliphatic carbocycles. The molecule has 0 radical (unpaired) electrons. The Labute approximate surface area is 372 Å². The van der Waals surface area contributed by atoms with E-state index in [0.717, 1.165) is 0 Å². The van der Waals surface area contributed by atoms with E-state index in [2.05, 4.69) is 0 Å². The van der Waals surface area contributed by atoms with Gasteiger partial charge in [0.05, 0.1) is 55.2 Å². The second kappa shape index (κ2) is 23.5. The first-order valence-corrected chi connectivity index (χ1v) is 22.2. The van der Waals surface area contributed by atoms with E-state index in [1.165, 1.54) is 27.2 Å². The molecule has 4 heterocycles. The van der Waals surface area contributed by atoms with Gasteiger partial charge in [-0.2, -0.15) is 0 Å². The molecule has 0 saturated carbocycles. The summed E-state index contributed by atoms with van der Waals surface area (Å²) in [5.74, 6) is -4.14. The Kier molecular flexibility index (Phi) is 19.9. The average molecular weight is 902 g/mol. The minimum Gasteiger partial charge on any atom is -0.462 e. The third-order valence-electron chi connectivity index (χ3n) is 13.1. The van der Waals surface area contributed by atoms with E-state index in [4.69, 9.17) is 42.6 Å². The summed E-state index contributed by atoms with van der Waals surface area (Å²) in [5.41, 5.74) is -0.826. The van der Waals surface area contributed by atoms with Crippen molar-refractivity contribution >= 4 is 18.0 Å². The molecule has 63 heavy (non-hydrogen) atoms. The Balaban J connectivity index is 1.60. The van der Waals surface area contributed by atoms with Crippen molar-refractivity contribution < 1.29 is 82.5 Å². The van der Waals surface area contributed by atoms with E-state index in [0.29, 0.717) is 18.3 Å². The highest BCUT2D eigenvalue weighted by Gasteiger charge is 2.52. The lowest BCUT2D eigenvalue weighted by molar-refractivity contribution is -0.341. The minimum atomic E-state index is -1.49. The number of ketones is 1. The highest BCUT2D eigenvalue weighted by atomic mass is 16.7. The van der Waals surface area contributed by atoms with E-state index >= 15 is 0 Å². The minimum absolute atomic E-state index is 0.0117. The van der Waals surface area contributed by atoms with Crippen molar-refractivity contribution in [3.05, 3.63) is 23.8 Å². The van der Waals surface area contributed by atoms with Gasteiger partial charge < -0.3 is 77.9 Å². The average Bonchev–Trinajstić information content (AvgIpc) is 3.22. The number of carbonyl (C=O) groups is 3. The van der Waals surface area contributed by atoms with Crippen LogP contribution in [0.5, 0.6) is 0 Å². The third kappa shape index (κ3) is 13.2. The van der Waals surface area contributed by atoms with Crippen molar-refractivity contribution in [2.75, 3.05) is 34.9 Å². The molecule has 5 N–H and O–H groups in total. The number of esters is 1. The molecule has 4 rings (SSSR count). The quantitative estimate of drug-likeness (QED) is 0.138. The number of ether oxygens (including phenoxy) is 9. The zero-order valence-electron chi connectivity index (χ0n) is 39.0. The molecule has 0 amide bonds. The molecular formula is C45H75NO17. The van der Waals surface area contributed by atoms with Gasteiger partial charge in [-0.25, -0.2) is 0 Å². The molecular weight excluding hydrogens is 826 g/mol. The van der Waals surface area contributed by atoms with Crippen LogP contribution in [0.2, 0.25) is 0 Å². The summed E-state index contributed by atoms with van der Waals surface area (Å²) in [6, 6.07) is -0.767. The first-order chi connectivity index (χ1) is 29.6. The molecule has 21 atom stereocenters. The second-order valence-electron chi connectivity index (χ2n) is 18.4. The largest absolute Gasteiger partial charge is 0.462 e. The van der Waals surface area contributed by atoms with E-state index in [1.807, 2.05) is 13.0 Å². The van der Waals surface area contributed by atoms with Crippen molar-refractivity contribution in [3.8, 4) is 0 Å². The molecule has 362 valence electrons. The van der Waals surface area contributed by atoms with Crippen molar-refractivity contribution in [1.29, 1.82) is 0 Å². The lowest BCUT2D eigenvalue weighted by Crippen LogP contribution is -2.65. The Bertz CT molecular complexity index is 1540. The molecule has 3 saturated heterocycles. The van der Waals surface area contributed by atoms with Crippen molar-refractivity contribution in [2.24, 2.45) is 23.7 Å². The fourth-order valence-electron chi connectivity index (χ4n) is 9.19. The number of allylic oxidation sites excluding steroid dienone is 3. The zero-order chi connectivity index (χ0) is 47.1. The number of aldehydes is 1. The molecule has 18 nitrogen and oxygen atoms in total. The second-order valence-corrected chi connectivity index (χ2v) is 18.4. The standard InChI is InChI=1S/C45H75NO17/c1-13-32-29(21-57-44-41(56-12)40(55-11)36(51)25(5)59-44)16-22(2)14-15-30(48)23(3)17-28(20-47)38(24(4)31(49)18-33(50)61-32)63-43-37(52)35(46(9)10)39(26(6)60-43)62-34-19-45(8,54)42(53)27(7)58-34/h14-16,20,23-29,31-32,34-44,49,51-54H,13,17-19,21H2,1-12H3/b15-14-,22-16-/t23-,24-,25+,26-,27+,28-,29-,31+,32+,34+,35-,36+,37-,38-,39-,40+,41+,42+,43+,44+,45-/m1/s1. The number of rotatable bonds is 12. The van der Waals surface area contributed by atoms with Gasteiger partial charge in [0.25, 0.3) is 0 Å². The number of nitrogens with zero attached hydrogens (tertiary/aromatic N) is 1. The zero-order valence-corrected chi connectivity index (χ0v) is 39.0. The monoisotopic (exact) mass is 902 g/mol. The maximum Gasteiger partial charge on any atom is 0.308 e. The normalized spacial score (nSPS) is 46.5. The van der Waals surface area contributed by atoms with Crippen LogP contribution in [0.25, 0.3) is 0 Å². The Hall–Kier alpha value is -2.27. The van der Waals surface area contributed by atoms with Gasteiger partial charge in [-0.3, -0.25) is 9.59 Å². The molecule has 0 bridgehead atoms. The molecule has 0 aromatic heterocycles. The molecule has 0 unspecified atom stereocenters. The molecule has 0 aromatic carbocycles. The van der Waals surface area contributed by atoms with Gasteiger partial charge in [0.15, 0.2) is 24.7 Å². The number of aliphatic hydroxyl groups is 5. The van der Waals surface area contributed by atoms with Crippen molar-refractivity contribution in [3.63, 3.8) is 0 Å². The molecule has 0 spiro atoms. The van der Waals surface area contributed by atoms with Crippen LogP contribution in [-0.2, 0) is 57.0 Å². The maximum absolute atomic E-state index is 13.7. The van der Waals surface area contributed by atoms with Crippen LogP contribution in [0.15, 0.2) is 23.8 Å². The highest BCUT2D eigenvalue weighted by molar-refractivity contribution is 5.92. The molecule has 3 fully saturated rings. The topological polar surface area (TPSA) is 239 Å². The Morgan fingerprint density at radius 3 is 2.10 bits per heavy atom. The number of hydrogen-bond acceptors (Lipinski definition) is 18. The van der Waals surface area contributed by atoms with E-state index in [-0.39, 0.29) is 25.2 Å². The van der Waals surface area contributed by atoms with Gasteiger partial charge >= 0.3 is 5.97 Å². The van der Waals surface area contributed by atoms with Crippen LogP contribution in [0, 0.1) is 23.7 Å². The number of likely N-dealkylation sites (N-methyl/N-ethyl adjacent to an activating group) is 1. The lowest BCUT2D eigenvalue weighted by atomic mass is 9.81. The SMILES string of the molecule is CC[C@@H]1OC(=O)C[C@H](O)[C@@H](C)[C@@H](O[C@@H]2O[C@H](C)[C@@H](O[C@H]3C[C@@](C)(O)[C@@H](O)[C@H](C)O3)[C@H](N(C)C)[C@H]2O)[C@@H](C=O)C[C@@H](C)C(=O)/C=C\C(C)=C/[C@@H]1CO[C@H]1O[C@@H](C)[C@H](O)[C@H](OC)[C@@H]1OC. The number of carbonyl (C=O) groups excluding carboxylic acids is 3. The van der Waals surface area contributed by atoms with Gasteiger partial charge in [0.2, 0.25) is 0 Å². The highest BCUT2D eigenvalue weighted by Crippen LogP contribution is 2.37. The summed E-state index contributed by atoms with van der Waals surface area (Å²) in [7, 11) is 6.40. The first-order valence-electron chi connectivity index (χ1n) is 22.2. The fraction of sp³-hybridized carbons (Fsp3) is 0.844. The predicted octanol–water partition coefficient (Wildman–Crippen LogP) is 1.44. The molecule has 18 heteroatoms. The smallest absolute Gasteiger partial charge is 0.308 e. The van der Waals surface area contributed by atoms with Gasteiger partial charge in [-0.15, -0.1) is 0 Å². The number of methoxy groups -OCH3 is 2. The van der Waals surface area contributed by atoms with E-state index < -0.39 is 140 Å². The van der Waals surface area contributed by atoms with Crippen LogP contribution in [0.1, 0.15) is 81.1 Å². The van der Waals surface area contributed by atoms with Gasteiger partial charge in [0, 0.05) is 44.3 Å². The summed E-state index contributed by atoms with van der Waals surface area (Å²) < 4.78 is 54.4. The molecule has 4 aliphatic rings. The van der Waals surface area contributed by atoms with Gasteiger partial charge in [-0.1, -0.05) is 38.5 Å². The first kappa shape index (κ1) is 53.3. The van der Waals surface area contributed by atoms with E-state index in [1.54, 1.807) is 66.6 Å². The summed E-state index contributed by atoms with van der Waals surface area (Å²) in [5, 5.41) is 55.5. The molecule has 0 aromatic rings. The summed E-state index contributed by atoms with van der Waals surface area (Å²) >= 11 is 0. The summed E-state index contributed by atoms with van der Waals surface area (Å²) in [6.45, 7) is 13.5. The maximum atomic E-state index is 13.7. The number of aliphatic hydroxyl groups excluding tert-OH is 4. The van der Waals surface area contributed by atoms with Crippen LogP contribution in [-0.4, -0.2) is 187 Å². The van der Waals surface area contributed by atoms with Gasteiger partial charge in [-0.05, 0) is 67.6 Å². The lowest BCUT2D eigenvalue weighted by Gasteiger charge is -2.50. The number of hydrogen-bond donors (Lipinski definition) is 5. The van der Waals surface area contributed by atoms with E-state index in [9.17, 15) is 39.9 Å². The third-order valence-corrected chi connectivity index (χ3v) is 13.1. The predicted molar refractivity (Wildman–Crippen MR) is 226 cm³/mol. The number of cyclic esters (lactones) is 1. The van der Waals surface area contributed by atoms with Crippen LogP contribution < -0.4 is 0 Å². The van der Waals surface area contributed by atoms with Crippen molar-refractivity contribution in [1.82, 2.24) is 4.90 Å². The molecule has 4 aliphatic heterocycles. The van der Waals surface area contributed by atoms with Crippen LogP contribution in [0.3, 0.4) is 0 Å². The van der Waals surface area contributed by atoms with Gasteiger partial charge in [0.1, 0.15) is 49.0 Å². The Morgan fingerprint density at radius 1 is 0.857 bits per heavy atom. The van der Waals surface area contributed by atoms with Crippen LogP contribution in [0.4, 0.5) is 0 Å². The summed E-state index contributed by atoms with van der Waals surface area (Å²) in [4.78, 5) is 42.0.